The average molecular weight is 205 g/mol. The predicted octanol–water partition coefficient (Wildman–Crippen LogP) is 0.952. The van der Waals surface area contributed by atoms with Gasteiger partial charge in [0.2, 0.25) is 0 Å². The fraction of sp³-hybridized carbons (Fsp3) is 1.00. The Balaban J connectivity index is 2.69. The van der Waals surface area contributed by atoms with Crippen molar-refractivity contribution in [2.45, 2.75) is 43.6 Å². The van der Waals surface area contributed by atoms with Gasteiger partial charge in [0.1, 0.15) is 0 Å². The molecule has 1 atom stereocenters. The van der Waals surface area contributed by atoms with E-state index in [1.54, 1.807) is 13.8 Å². The molecule has 78 valence electrons. The molecule has 1 aliphatic heterocycles. The first-order valence-electron chi connectivity index (χ1n) is 4.98. The van der Waals surface area contributed by atoms with Gasteiger partial charge in [-0.15, -0.1) is 0 Å². The largest absolute Gasteiger partial charge is 0.317 e. The summed E-state index contributed by atoms with van der Waals surface area (Å²) in [7, 11) is -2.86. The summed E-state index contributed by atoms with van der Waals surface area (Å²) in [4.78, 5) is 0. The molecule has 1 fully saturated rings. The molecule has 3 nitrogen and oxygen atoms in total. The topological polar surface area (TPSA) is 46.2 Å². The van der Waals surface area contributed by atoms with E-state index in [0.717, 1.165) is 32.4 Å². The molecule has 4 heteroatoms. The van der Waals surface area contributed by atoms with E-state index in [-0.39, 0.29) is 10.5 Å². The van der Waals surface area contributed by atoms with Gasteiger partial charge in [-0.3, -0.25) is 0 Å². The van der Waals surface area contributed by atoms with Gasteiger partial charge in [0.05, 0.1) is 10.5 Å². The van der Waals surface area contributed by atoms with E-state index in [2.05, 4.69) is 5.32 Å². The normalized spacial score (nSPS) is 25.9. The lowest BCUT2D eigenvalue weighted by Gasteiger charge is -2.17. The Bertz CT molecular complexity index is 238. The Morgan fingerprint density at radius 3 is 2.54 bits per heavy atom. The molecular weight excluding hydrogens is 186 g/mol. The van der Waals surface area contributed by atoms with Gasteiger partial charge >= 0.3 is 0 Å². The fourth-order valence-corrected chi connectivity index (χ4v) is 3.41. The Labute approximate surface area is 80.8 Å². The molecule has 0 aromatic heterocycles. The number of nitrogens with one attached hydrogen (secondary N) is 1. The quantitative estimate of drug-likeness (QED) is 0.730. The summed E-state index contributed by atoms with van der Waals surface area (Å²) in [5.41, 5.74) is 0. The van der Waals surface area contributed by atoms with Gasteiger partial charge < -0.3 is 5.32 Å². The summed E-state index contributed by atoms with van der Waals surface area (Å²) in [6.07, 6.45) is 2.59. The summed E-state index contributed by atoms with van der Waals surface area (Å²) in [6, 6.07) is 0. The number of sulfone groups is 1. The van der Waals surface area contributed by atoms with E-state index < -0.39 is 9.84 Å². The maximum Gasteiger partial charge on any atom is 0.155 e. The first-order valence-corrected chi connectivity index (χ1v) is 6.59. The molecule has 1 rings (SSSR count). The van der Waals surface area contributed by atoms with Gasteiger partial charge in [0.25, 0.3) is 0 Å². The van der Waals surface area contributed by atoms with E-state index in [1.165, 1.54) is 0 Å². The Hall–Kier alpha value is -0.0900. The van der Waals surface area contributed by atoms with E-state index >= 15 is 0 Å². The van der Waals surface area contributed by atoms with E-state index in [0.29, 0.717) is 0 Å². The second kappa shape index (κ2) is 4.42. The monoisotopic (exact) mass is 205 g/mol. The van der Waals surface area contributed by atoms with Crippen LogP contribution in [0.5, 0.6) is 0 Å². The molecule has 0 amide bonds. The summed E-state index contributed by atoms with van der Waals surface area (Å²) in [5.74, 6) is 0. The molecule has 1 heterocycles. The van der Waals surface area contributed by atoms with Crippen LogP contribution in [0.3, 0.4) is 0 Å². The van der Waals surface area contributed by atoms with E-state index in [4.69, 9.17) is 0 Å². The molecule has 13 heavy (non-hydrogen) atoms. The zero-order chi connectivity index (χ0) is 9.90. The molecule has 1 aliphatic rings. The highest BCUT2D eigenvalue weighted by Crippen LogP contribution is 2.18. The summed E-state index contributed by atoms with van der Waals surface area (Å²) in [6.45, 7) is 5.35. The van der Waals surface area contributed by atoms with Crippen LogP contribution in [0.25, 0.3) is 0 Å². The van der Waals surface area contributed by atoms with Crippen molar-refractivity contribution in [3.05, 3.63) is 0 Å². The third-order valence-electron chi connectivity index (χ3n) is 2.64. The van der Waals surface area contributed by atoms with Crippen LogP contribution in [-0.4, -0.2) is 32.0 Å². The van der Waals surface area contributed by atoms with Crippen molar-refractivity contribution < 1.29 is 8.42 Å². The highest BCUT2D eigenvalue weighted by atomic mass is 32.2. The maximum atomic E-state index is 11.8. The van der Waals surface area contributed by atoms with Crippen molar-refractivity contribution in [1.82, 2.24) is 5.32 Å². The minimum atomic E-state index is -2.86. The maximum absolute atomic E-state index is 11.8. The minimum Gasteiger partial charge on any atom is -0.317 e. The molecule has 0 bridgehead atoms. The molecule has 1 unspecified atom stereocenters. The van der Waals surface area contributed by atoms with Gasteiger partial charge in [-0.2, -0.15) is 0 Å². The minimum absolute atomic E-state index is 0.109. The Morgan fingerprint density at radius 1 is 1.23 bits per heavy atom. The Morgan fingerprint density at radius 2 is 1.92 bits per heavy atom. The first kappa shape index (κ1) is 11.0. The molecule has 0 saturated carbocycles. The lowest BCUT2D eigenvalue weighted by molar-refractivity contribution is 0.557. The van der Waals surface area contributed by atoms with Crippen LogP contribution in [0.4, 0.5) is 0 Å². The van der Waals surface area contributed by atoms with Crippen LogP contribution in [0.15, 0.2) is 0 Å². The van der Waals surface area contributed by atoms with Gasteiger partial charge in [0, 0.05) is 0 Å². The third-order valence-corrected chi connectivity index (χ3v) is 5.36. The number of rotatable bonds is 2. The van der Waals surface area contributed by atoms with Crippen LogP contribution in [0.1, 0.15) is 33.1 Å². The van der Waals surface area contributed by atoms with Gasteiger partial charge in [-0.05, 0) is 46.2 Å². The van der Waals surface area contributed by atoms with Crippen LogP contribution in [0, 0.1) is 0 Å². The van der Waals surface area contributed by atoms with Gasteiger partial charge in [-0.25, -0.2) is 8.42 Å². The van der Waals surface area contributed by atoms with Crippen molar-refractivity contribution in [1.29, 1.82) is 0 Å². The zero-order valence-corrected chi connectivity index (χ0v) is 9.23. The van der Waals surface area contributed by atoms with Crippen LogP contribution in [-0.2, 0) is 9.84 Å². The first-order chi connectivity index (χ1) is 6.05. The second-order valence-corrected chi connectivity index (χ2v) is 6.73. The van der Waals surface area contributed by atoms with Crippen molar-refractivity contribution in [2.75, 3.05) is 13.1 Å². The summed E-state index contributed by atoms with van der Waals surface area (Å²) in [5, 5.41) is 2.89. The second-order valence-electron chi connectivity index (χ2n) is 3.94. The van der Waals surface area contributed by atoms with Crippen molar-refractivity contribution in [3.8, 4) is 0 Å². The number of hydrogen-bond acceptors (Lipinski definition) is 3. The number of hydrogen-bond donors (Lipinski definition) is 1. The van der Waals surface area contributed by atoms with Gasteiger partial charge in [0.15, 0.2) is 9.84 Å². The predicted molar refractivity (Wildman–Crippen MR) is 54.6 cm³/mol. The standard InChI is InChI=1S/C9H19NO2S/c1-8(2)13(11,12)9-4-3-6-10-7-5-9/h8-10H,3-7H2,1-2H3. The molecule has 1 N–H and O–H groups in total. The van der Waals surface area contributed by atoms with E-state index in [1.807, 2.05) is 0 Å². The SMILES string of the molecule is CC(C)S(=O)(=O)C1CCCNCC1. The van der Waals surface area contributed by atoms with Gasteiger partial charge in [-0.1, -0.05) is 0 Å². The molecule has 0 aromatic rings. The molecule has 0 aliphatic carbocycles. The summed E-state index contributed by atoms with van der Waals surface area (Å²) < 4.78 is 23.6. The van der Waals surface area contributed by atoms with Crippen LogP contribution >= 0.6 is 0 Å². The fourth-order valence-electron chi connectivity index (χ4n) is 1.70. The Kier molecular flexibility index (Phi) is 3.74. The van der Waals surface area contributed by atoms with Crippen LogP contribution in [0.2, 0.25) is 0 Å². The smallest absolute Gasteiger partial charge is 0.155 e. The molecule has 0 aromatic carbocycles. The molecule has 0 radical (unpaired) electrons. The third kappa shape index (κ3) is 2.68. The molecule has 0 spiro atoms. The average Bonchev–Trinajstić information content (AvgIpc) is 2.31. The highest BCUT2D eigenvalue weighted by Gasteiger charge is 2.28. The van der Waals surface area contributed by atoms with Crippen molar-refractivity contribution in [3.63, 3.8) is 0 Å². The lowest BCUT2D eigenvalue weighted by atomic mass is 10.2. The van der Waals surface area contributed by atoms with E-state index in [9.17, 15) is 8.42 Å². The molecular formula is C9H19NO2S. The zero-order valence-electron chi connectivity index (χ0n) is 8.41. The van der Waals surface area contributed by atoms with Crippen LogP contribution < -0.4 is 5.32 Å². The molecule has 1 saturated heterocycles. The van der Waals surface area contributed by atoms with Crippen molar-refractivity contribution in [2.24, 2.45) is 0 Å². The highest BCUT2D eigenvalue weighted by molar-refractivity contribution is 7.92. The summed E-state index contributed by atoms with van der Waals surface area (Å²) >= 11 is 0. The van der Waals surface area contributed by atoms with Crippen molar-refractivity contribution >= 4 is 9.84 Å². The lowest BCUT2D eigenvalue weighted by Crippen LogP contribution is -2.29.